The van der Waals surface area contributed by atoms with Gasteiger partial charge in [0.05, 0.1) is 0 Å². The summed E-state index contributed by atoms with van der Waals surface area (Å²) < 4.78 is 37.6. The number of nitrogens with zero attached hydrogens (tertiary/aromatic N) is 1. The summed E-state index contributed by atoms with van der Waals surface area (Å²) >= 11 is 3.30. The Morgan fingerprint density at radius 2 is 2.06 bits per heavy atom. The fourth-order valence-corrected chi connectivity index (χ4v) is 2.46. The molecule has 17 heavy (non-hydrogen) atoms. The fraction of sp³-hybridized carbons (Fsp3) is 0.364. The molecule has 0 N–H and O–H groups in total. The molecule has 1 aromatic carbocycles. The fourth-order valence-electron chi connectivity index (χ4n) is 1.90. The lowest BCUT2D eigenvalue weighted by Gasteiger charge is -2.29. The number of benzene rings is 1. The Balaban J connectivity index is 2.28. The number of carbonyl (C=O) groups is 1. The van der Waals surface area contributed by atoms with Crippen molar-refractivity contribution in [2.24, 2.45) is 0 Å². The number of rotatable bonds is 1. The van der Waals surface area contributed by atoms with Crippen molar-refractivity contribution in [2.75, 3.05) is 13.1 Å². The van der Waals surface area contributed by atoms with E-state index in [2.05, 4.69) is 15.9 Å². The molecule has 0 aliphatic carbocycles. The third-order valence-corrected chi connectivity index (χ3v) is 3.38. The molecule has 0 unspecified atom stereocenters. The zero-order valence-electron chi connectivity index (χ0n) is 8.72. The average Bonchev–Trinajstić information content (AvgIpc) is 2.21. The molecule has 1 aromatic rings. The monoisotopic (exact) mass is 307 g/mol. The van der Waals surface area contributed by atoms with Crippen LogP contribution in [0.5, 0.6) is 0 Å². The first-order valence-corrected chi connectivity index (χ1v) is 5.81. The van der Waals surface area contributed by atoms with Gasteiger partial charge in [-0.15, -0.1) is 0 Å². The highest BCUT2D eigenvalue weighted by Gasteiger charge is 2.35. The molecule has 1 amide bonds. The maximum absolute atomic E-state index is 12.3. The van der Waals surface area contributed by atoms with E-state index in [0.717, 1.165) is 14.9 Å². The highest BCUT2D eigenvalue weighted by atomic mass is 79.9. The second kappa shape index (κ2) is 4.33. The van der Waals surface area contributed by atoms with Gasteiger partial charge in [-0.1, -0.05) is 22.0 Å². The molecule has 0 saturated heterocycles. The van der Waals surface area contributed by atoms with Crippen LogP contribution in [0, 0.1) is 0 Å². The van der Waals surface area contributed by atoms with Crippen molar-refractivity contribution in [2.45, 2.75) is 12.6 Å². The van der Waals surface area contributed by atoms with Crippen LogP contribution < -0.4 is 0 Å². The van der Waals surface area contributed by atoms with Crippen LogP contribution in [0.4, 0.5) is 13.2 Å². The molecule has 1 aliphatic rings. The zero-order valence-corrected chi connectivity index (χ0v) is 10.3. The molecule has 0 fully saturated rings. The highest BCUT2D eigenvalue weighted by molar-refractivity contribution is 9.10. The summed E-state index contributed by atoms with van der Waals surface area (Å²) in [6.45, 7) is -1.08. The van der Waals surface area contributed by atoms with E-state index < -0.39 is 18.6 Å². The van der Waals surface area contributed by atoms with Crippen LogP contribution in [0.25, 0.3) is 0 Å². The summed E-state index contributed by atoms with van der Waals surface area (Å²) in [5.74, 6) is -0.551. The lowest BCUT2D eigenvalue weighted by molar-refractivity contribution is -0.141. The Hall–Kier alpha value is -1.04. The van der Waals surface area contributed by atoms with Crippen molar-refractivity contribution in [3.8, 4) is 0 Å². The number of hydrogen-bond acceptors (Lipinski definition) is 1. The van der Waals surface area contributed by atoms with Gasteiger partial charge < -0.3 is 4.90 Å². The van der Waals surface area contributed by atoms with Crippen LogP contribution in [0.3, 0.4) is 0 Å². The molecule has 0 saturated carbocycles. The van der Waals surface area contributed by atoms with Gasteiger partial charge in [0.1, 0.15) is 6.54 Å². The second-order valence-electron chi connectivity index (χ2n) is 3.86. The van der Waals surface area contributed by atoms with Crippen molar-refractivity contribution >= 4 is 21.8 Å². The van der Waals surface area contributed by atoms with E-state index in [1.165, 1.54) is 0 Å². The van der Waals surface area contributed by atoms with Gasteiger partial charge >= 0.3 is 6.18 Å². The average molecular weight is 308 g/mol. The Morgan fingerprint density at radius 3 is 2.71 bits per heavy atom. The van der Waals surface area contributed by atoms with Gasteiger partial charge in [0.25, 0.3) is 5.91 Å². The van der Waals surface area contributed by atoms with Gasteiger partial charge in [0.15, 0.2) is 0 Å². The van der Waals surface area contributed by atoms with Gasteiger partial charge in [0, 0.05) is 16.6 Å². The van der Waals surface area contributed by atoms with E-state index >= 15 is 0 Å². The van der Waals surface area contributed by atoms with Crippen LogP contribution in [0.15, 0.2) is 22.7 Å². The normalized spacial score (nSPS) is 16.0. The Bertz CT molecular complexity index is 459. The number of halogens is 4. The molecule has 6 heteroatoms. The molecular weight excluding hydrogens is 299 g/mol. The van der Waals surface area contributed by atoms with Crippen molar-refractivity contribution < 1.29 is 18.0 Å². The molecule has 2 nitrogen and oxygen atoms in total. The third kappa shape index (κ3) is 2.62. The van der Waals surface area contributed by atoms with Crippen LogP contribution in [-0.2, 0) is 6.42 Å². The highest BCUT2D eigenvalue weighted by Crippen LogP contribution is 2.28. The topological polar surface area (TPSA) is 20.3 Å². The molecule has 0 radical (unpaired) electrons. The summed E-state index contributed by atoms with van der Waals surface area (Å²) in [5, 5.41) is 0. The minimum absolute atomic E-state index is 0.105. The Kier molecular flexibility index (Phi) is 3.16. The Labute approximate surface area is 105 Å². The van der Waals surface area contributed by atoms with Crippen LogP contribution in [0.2, 0.25) is 0 Å². The minimum atomic E-state index is -4.35. The molecule has 2 rings (SSSR count). The van der Waals surface area contributed by atoms with E-state index in [9.17, 15) is 18.0 Å². The first kappa shape index (κ1) is 12.4. The van der Waals surface area contributed by atoms with E-state index in [0.29, 0.717) is 12.0 Å². The number of carbonyl (C=O) groups excluding carboxylic acids is 1. The van der Waals surface area contributed by atoms with Gasteiger partial charge in [-0.2, -0.15) is 13.2 Å². The third-order valence-electron chi connectivity index (χ3n) is 2.64. The molecular formula is C11H9BrF3NO. The first-order valence-electron chi connectivity index (χ1n) is 5.02. The number of hydrogen-bond donors (Lipinski definition) is 0. The molecule has 0 atom stereocenters. The van der Waals surface area contributed by atoms with E-state index in [-0.39, 0.29) is 6.54 Å². The summed E-state index contributed by atoms with van der Waals surface area (Å²) in [6.07, 6.45) is -3.91. The maximum Gasteiger partial charge on any atom is 0.406 e. The quantitative estimate of drug-likeness (QED) is 0.781. The van der Waals surface area contributed by atoms with Crippen molar-refractivity contribution in [3.05, 3.63) is 33.8 Å². The summed E-state index contributed by atoms with van der Waals surface area (Å²) in [5.41, 5.74) is 1.14. The summed E-state index contributed by atoms with van der Waals surface area (Å²) in [7, 11) is 0. The molecule has 92 valence electrons. The predicted octanol–water partition coefficient (Wildman–Crippen LogP) is 3.01. The standard InChI is InChI=1S/C11H9BrF3NO/c12-9-3-1-2-8-7(9)4-5-16(10(8)17)6-11(13,14)15/h1-3H,4-6H2. The number of alkyl halides is 3. The Morgan fingerprint density at radius 1 is 1.35 bits per heavy atom. The smallest absolute Gasteiger partial charge is 0.329 e. The molecule has 0 bridgehead atoms. The van der Waals surface area contributed by atoms with Gasteiger partial charge in [-0.05, 0) is 24.1 Å². The van der Waals surface area contributed by atoms with Gasteiger partial charge in [0.2, 0.25) is 0 Å². The van der Waals surface area contributed by atoms with Crippen LogP contribution >= 0.6 is 15.9 Å². The summed E-state index contributed by atoms with van der Waals surface area (Å²) in [4.78, 5) is 12.7. The minimum Gasteiger partial charge on any atom is -0.329 e. The SMILES string of the molecule is O=C1c2cccc(Br)c2CCN1CC(F)(F)F. The summed E-state index contributed by atoms with van der Waals surface area (Å²) in [6, 6.07) is 4.99. The molecule has 0 aromatic heterocycles. The van der Waals surface area contributed by atoms with Crippen LogP contribution in [-0.4, -0.2) is 30.1 Å². The number of fused-ring (bicyclic) bond motifs is 1. The van der Waals surface area contributed by atoms with Crippen molar-refractivity contribution in [3.63, 3.8) is 0 Å². The van der Waals surface area contributed by atoms with E-state index in [1.54, 1.807) is 18.2 Å². The van der Waals surface area contributed by atoms with Crippen molar-refractivity contribution in [1.29, 1.82) is 0 Å². The predicted molar refractivity (Wildman–Crippen MR) is 59.8 cm³/mol. The zero-order chi connectivity index (χ0) is 12.6. The lowest BCUT2D eigenvalue weighted by atomic mass is 9.99. The van der Waals surface area contributed by atoms with Gasteiger partial charge in [-0.3, -0.25) is 4.79 Å². The second-order valence-corrected chi connectivity index (χ2v) is 4.71. The number of amides is 1. The molecule has 1 heterocycles. The van der Waals surface area contributed by atoms with E-state index in [4.69, 9.17) is 0 Å². The van der Waals surface area contributed by atoms with Crippen LogP contribution in [0.1, 0.15) is 15.9 Å². The van der Waals surface area contributed by atoms with Crippen molar-refractivity contribution in [1.82, 2.24) is 4.90 Å². The lowest BCUT2D eigenvalue weighted by Crippen LogP contribution is -2.43. The van der Waals surface area contributed by atoms with E-state index in [1.807, 2.05) is 0 Å². The molecule has 1 aliphatic heterocycles. The largest absolute Gasteiger partial charge is 0.406 e. The first-order chi connectivity index (χ1) is 7.88. The van der Waals surface area contributed by atoms with Gasteiger partial charge in [-0.25, -0.2) is 0 Å². The molecule has 0 spiro atoms. The maximum atomic E-state index is 12.3.